The zero-order chi connectivity index (χ0) is 20.9. The van der Waals surface area contributed by atoms with Crippen molar-refractivity contribution in [2.24, 2.45) is 5.92 Å². The van der Waals surface area contributed by atoms with E-state index >= 15 is 0 Å². The lowest BCUT2D eigenvalue weighted by Gasteiger charge is -2.34. The first kappa shape index (κ1) is 19.7. The van der Waals surface area contributed by atoms with E-state index in [4.69, 9.17) is 4.74 Å². The minimum atomic E-state index is -4.15. The van der Waals surface area contributed by atoms with Crippen LogP contribution in [-0.2, 0) is 6.54 Å². The number of nitrogens with zero attached hydrogens (tertiary/aromatic N) is 2. The summed E-state index contributed by atoms with van der Waals surface area (Å²) in [4.78, 5) is 17.0. The fraction of sp³-hybridized carbons (Fsp3) is 0.522. The van der Waals surface area contributed by atoms with Crippen LogP contribution in [0.25, 0.3) is 10.8 Å². The lowest BCUT2D eigenvalue weighted by molar-refractivity contribution is -0.170. The molecule has 0 bridgehead atoms. The quantitative estimate of drug-likeness (QED) is 0.707. The van der Waals surface area contributed by atoms with Gasteiger partial charge in [-0.25, -0.2) is 0 Å². The first-order valence-electron chi connectivity index (χ1n) is 10.7. The molecule has 5 rings (SSSR count). The lowest BCUT2D eigenvalue weighted by Crippen LogP contribution is -2.44. The molecule has 0 N–H and O–H groups in total. The van der Waals surface area contributed by atoms with Crippen LogP contribution in [0.5, 0.6) is 5.75 Å². The first-order valence-corrected chi connectivity index (χ1v) is 10.7. The highest BCUT2D eigenvalue weighted by Gasteiger charge is 2.43. The maximum absolute atomic E-state index is 13.3. The van der Waals surface area contributed by atoms with Crippen LogP contribution >= 0.6 is 0 Å². The molecule has 1 aliphatic carbocycles. The van der Waals surface area contributed by atoms with Gasteiger partial charge < -0.3 is 9.64 Å². The highest BCUT2D eigenvalue weighted by atomic mass is 19.4. The molecule has 160 valence electrons. The average molecular weight is 418 g/mol. The van der Waals surface area contributed by atoms with Gasteiger partial charge in [0, 0.05) is 24.5 Å². The van der Waals surface area contributed by atoms with Gasteiger partial charge in [0.15, 0.2) is 6.73 Å². The molecule has 0 spiro atoms. The number of benzene rings is 2. The Balaban J connectivity index is 1.48. The van der Waals surface area contributed by atoms with Gasteiger partial charge in [-0.2, -0.15) is 13.2 Å². The van der Waals surface area contributed by atoms with E-state index in [1.807, 2.05) is 40.1 Å². The number of ether oxygens (including phenoxy) is 1. The average Bonchev–Trinajstić information content (AvgIpc) is 3.41. The van der Waals surface area contributed by atoms with Gasteiger partial charge in [-0.15, -0.1) is 0 Å². The van der Waals surface area contributed by atoms with Crippen molar-refractivity contribution in [3.8, 4) is 5.75 Å². The van der Waals surface area contributed by atoms with E-state index in [1.54, 1.807) is 0 Å². The fourth-order valence-electron chi connectivity index (χ4n) is 5.19. The number of hydrogen-bond acceptors (Lipinski definition) is 3. The standard InChI is InChI=1S/C23H25F3N2O2/c24-23(25,26)16-9-10-27(13-16)12-15-11-20-21(19-8-4-3-7-18(15)19)30-14-28(22(20)29)17-5-1-2-6-17/h3-4,7-8,11,16-17H,1-2,5-6,9-10,12-14H2. The van der Waals surface area contributed by atoms with Crippen LogP contribution in [-0.4, -0.2) is 47.7 Å². The summed E-state index contributed by atoms with van der Waals surface area (Å²) >= 11 is 0. The van der Waals surface area contributed by atoms with Crippen LogP contribution in [0.3, 0.4) is 0 Å². The van der Waals surface area contributed by atoms with Crippen molar-refractivity contribution in [2.75, 3.05) is 19.8 Å². The SMILES string of the molecule is O=C1c2cc(CN3CCC(C(F)(F)F)C3)c3ccccc3c2OCN1C1CCCC1. The molecule has 2 fully saturated rings. The number of alkyl halides is 3. The second-order valence-electron chi connectivity index (χ2n) is 8.71. The first-order chi connectivity index (χ1) is 14.4. The molecule has 4 nitrogen and oxygen atoms in total. The molecule has 3 aliphatic rings. The molecule has 1 amide bonds. The predicted molar refractivity (Wildman–Crippen MR) is 107 cm³/mol. The van der Waals surface area contributed by atoms with E-state index in [0.29, 0.717) is 24.4 Å². The molecule has 2 aromatic carbocycles. The Morgan fingerprint density at radius 1 is 1.07 bits per heavy atom. The number of hydrogen-bond donors (Lipinski definition) is 0. The second kappa shape index (κ2) is 7.45. The van der Waals surface area contributed by atoms with E-state index in [-0.39, 0.29) is 31.6 Å². The van der Waals surface area contributed by atoms with Gasteiger partial charge >= 0.3 is 6.18 Å². The van der Waals surface area contributed by atoms with Gasteiger partial charge in [-0.3, -0.25) is 9.69 Å². The number of rotatable bonds is 3. The Kier molecular flexibility index (Phi) is 4.88. The molecule has 1 unspecified atom stereocenters. The van der Waals surface area contributed by atoms with Crippen LogP contribution in [0, 0.1) is 5.92 Å². The Morgan fingerprint density at radius 2 is 1.80 bits per heavy atom. The maximum atomic E-state index is 13.3. The van der Waals surface area contributed by atoms with Crippen molar-refractivity contribution in [2.45, 2.75) is 50.9 Å². The highest BCUT2D eigenvalue weighted by Crippen LogP contribution is 2.39. The number of carbonyl (C=O) groups excluding carboxylic acids is 1. The molecular weight excluding hydrogens is 393 g/mol. The van der Waals surface area contributed by atoms with Crippen LogP contribution in [0.15, 0.2) is 30.3 Å². The van der Waals surface area contributed by atoms with Crippen molar-refractivity contribution in [1.82, 2.24) is 9.80 Å². The molecule has 0 radical (unpaired) electrons. The molecule has 7 heteroatoms. The Labute approximate surface area is 173 Å². The third kappa shape index (κ3) is 3.43. The van der Waals surface area contributed by atoms with Crippen LogP contribution in [0.4, 0.5) is 13.2 Å². The van der Waals surface area contributed by atoms with Crippen LogP contribution < -0.4 is 4.74 Å². The van der Waals surface area contributed by atoms with Crippen molar-refractivity contribution in [3.05, 3.63) is 41.5 Å². The van der Waals surface area contributed by atoms with E-state index in [0.717, 1.165) is 42.0 Å². The van der Waals surface area contributed by atoms with Gasteiger partial charge in [-0.05, 0) is 42.8 Å². The van der Waals surface area contributed by atoms with E-state index in [9.17, 15) is 18.0 Å². The monoisotopic (exact) mass is 418 g/mol. The van der Waals surface area contributed by atoms with Gasteiger partial charge in [-0.1, -0.05) is 37.1 Å². The smallest absolute Gasteiger partial charge is 0.393 e. The summed E-state index contributed by atoms with van der Waals surface area (Å²) in [7, 11) is 0. The molecule has 0 aromatic heterocycles. The third-order valence-corrected chi connectivity index (χ3v) is 6.81. The lowest BCUT2D eigenvalue weighted by atomic mass is 9.97. The van der Waals surface area contributed by atoms with E-state index < -0.39 is 12.1 Å². The number of likely N-dealkylation sites (tertiary alicyclic amines) is 1. The third-order valence-electron chi connectivity index (χ3n) is 6.81. The predicted octanol–water partition coefficient (Wildman–Crippen LogP) is 4.96. The molecule has 1 atom stereocenters. The second-order valence-corrected chi connectivity index (χ2v) is 8.71. The summed E-state index contributed by atoms with van der Waals surface area (Å²) in [5, 5.41) is 1.80. The van der Waals surface area contributed by atoms with Crippen LogP contribution in [0.2, 0.25) is 0 Å². The number of halogens is 3. The van der Waals surface area contributed by atoms with E-state index in [1.165, 1.54) is 0 Å². The van der Waals surface area contributed by atoms with Crippen molar-refractivity contribution >= 4 is 16.7 Å². The molecule has 2 aliphatic heterocycles. The van der Waals surface area contributed by atoms with Crippen molar-refractivity contribution < 1.29 is 22.7 Å². The zero-order valence-corrected chi connectivity index (χ0v) is 16.8. The van der Waals surface area contributed by atoms with Crippen LogP contribution in [0.1, 0.15) is 48.0 Å². The van der Waals surface area contributed by atoms with E-state index in [2.05, 4.69) is 0 Å². The topological polar surface area (TPSA) is 32.8 Å². The fourth-order valence-corrected chi connectivity index (χ4v) is 5.19. The largest absolute Gasteiger partial charge is 0.472 e. The normalized spacial score (nSPS) is 23.2. The molecule has 1 saturated heterocycles. The number of amides is 1. The number of carbonyl (C=O) groups is 1. The molecule has 1 saturated carbocycles. The maximum Gasteiger partial charge on any atom is 0.393 e. The Morgan fingerprint density at radius 3 is 2.50 bits per heavy atom. The molecular formula is C23H25F3N2O2. The molecule has 2 heterocycles. The summed E-state index contributed by atoms with van der Waals surface area (Å²) < 4.78 is 45.4. The molecule has 2 aromatic rings. The Hall–Kier alpha value is -2.28. The summed E-state index contributed by atoms with van der Waals surface area (Å²) in [6, 6.07) is 9.77. The minimum Gasteiger partial charge on any atom is -0.472 e. The van der Waals surface area contributed by atoms with Gasteiger partial charge in [0.25, 0.3) is 5.91 Å². The van der Waals surface area contributed by atoms with Crippen molar-refractivity contribution in [3.63, 3.8) is 0 Å². The Bertz CT molecular complexity index is 969. The van der Waals surface area contributed by atoms with Gasteiger partial charge in [0.1, 0.15) is 5.75 Å². The number of fused-ring (bicyclic) bond motifs is 3. The summed E-state index contributed by atoms with van der Waals surface area (Å²) in [5.41, 5.74) is 1.42. The van der Waals surface area contributed by atoms with Gasteiger partial charge in [0.05, 0.1) is 11.5 Å². The van der Waals surface area contributed by atoms with Crippen molar-refractivity contribution in [1.29, 1.82) is 0 Å². The molecule has 30 heavy (non-hydrogen) atoms. The summed E-state index contributed by atoms with van der Waals surface area (Å²) in [6.45, 7) is 1.08. The van der Waals surface area contributed by atoms with Gasteiger partial charge in [0.2, 0.25) is 0 Å². The highest BCUT2D eigenvalue weighted by molar-refractivity contribution is 6.05. The summed E-state index contributed by atoms with van der Waals surface area (Å²) in [5.74, 6) is -0.697. The zero-order valence-electron chi connectivity index (χ0n) is 16.8. The minimum absolute atomic E-state index is 0.00750. The summed E-state index contributed by atoms with van der Waals surface area (Å²) in [6.07, 6.45) is 0.219.